The fraction of sp³-hybridized carbons (Fsp3) is 0.100. The van der Waals surface area contributed by atoms with Gasteiger partial charge in [-0.1, -0.05) is 36.4 Å². The van der Waals surface area contributed by atoms with Gasteiger partial charge in [0.05, 0.1) is 35.1 Å². The number of anilines is 2. The van der Waals surface area contributed by atoms with Gasteiger partial charge in [-0.25, -0.2) is 9.36 Å². The molecule has 0 atom stereocenters. The number of hydrogen-bond acceptors (Lipinski definition) is 3. The minimum Gasteiger partial charge on any atom is -0.347 e. The number of para-hydroxylation sites is 2. The molecule has 26 heavy (non-hydrogen) atoms. The summed E-state index contributed by atoms with van der Waals surface area (Å²) < 4.78 is 5.28. The SMILES string of the molecule is Cc1c(Nc2cnn(-c3ccccc3)c2)c(=O)n(-c2ccccc2)n1C. The molecule has 2 aromatic carbocycles. The van der Waals surface area contributed by atoms with E-state index in [9.17, 15) is 4.79 Å². The van der Waals surface area contributed by atoms with Gasteiger partial charge >= 0.3 is 0 Å². The van der Waals surface area contributed by atoms with Gasteiger partial charge in [0.2, 0.25) is 0 Å². The molecule has 2 aromatic heterocycles. The normalized spacial score (nSPS) is 10.8. The molecule has 0 unspecified atom stereocenters. The third-order valence-electron chi connectivity index (χ3n) is 4.43. The molecule has 1 N–H and O–H groups in total. The van der Waals surface area contributed by atoms with Crippen molar-refractivity contribution >= 4 is 11.4 Å². The Morgan fingerprint density at radius 1 is 0.923 bits per heavy atom. The van der Waals surface area contributed by atoms with Crippen LogP contribution >= 0.6 is 0 Å². The van der Waals surface area contributed by atoms with Crippen LogP contribution < -0.4 is 10.9 Å². The second-order valence-electron chi connectivity index (χ2n) is 6.07. The third kappa shape index (κ3) is 2.71. The number of benzene rings is 2. The number of nitrogens with zero attached hydrogens (tertiary/aromatic N) is 4. The first-order chi connectivity index (χ1) is 12.6. The highest BCUT2D eigenvalue weighted by Gasteiger charge is 2.16. The minimum atomic E-state index is -0.0938. The van der Waals surface area contributed by atoms with Crippen LogP contribution in [0.2, 0.25) is 0 Å². The zero-order chi connectivity index (χ0) is 18.1. The van der Waals surface area contributed by atoms with Crippen LogP contribution in [0.4, 0.5) is 11.4 Å². The first-order valence-electron chi connectivity index (χ1n) is 8.36. The van der Waals surface area contributed by atoms with E-state index in [0.717, 1.165) is 22.8 Å². The average Bonchev–Trinajstić information content (AvgIpc) is 3.23. The second-order valence-corrected chi connectivity index (χ2v) is 6.07. The summed E-state index contributed by atoms with van der Waals surface area (Å²) in [7, 11) is 1.88. The van der Waals surface area contributed by atoms with Crippen LogP contribution in [0.1, 0.15) is 5.69 Å². The maximum absolute atomic E-state index is 12.9. The Balaban J connectivity index is 1.70. The predicted octanol–water partition coefficient (Wildman–Crippen LogP) is 3.41. The fourth-order valence-corrected chi connectivity index (χ4v) is 2.97. The molecule has 0 spiro atoms. The van der Waals surface area contributed by atoms with Gasteiger partial charge in [-0.05, 0) is 31.2 Å². The quantitative estimate of drug-likeness (QED) is 0.617. The molecule has 6 nitrogen and oxygen atoms in total. The van der Waals surface area contributed by atoms with Gasteiger partial charge in [-0.3, -0.25) is 9.48 Å². The summed E-state index contributed by atoms with van der Waals surface area (Å²) in [6.07, 6.45) is 3.58. The molecular formula is C20H19N5O. The second kappa shape index (κ2) is 6.40. The largest absolute Gasteiger partial charge is 0.347 e. The molecule has 4 aromatic rings. The topological polar surface area (TPSA) is 56.8 Å². The van der Waals surface area contributed by atoms with E-state index in [4.69, 9.17) is 0 Å². The van der Waals surface area contributed by atoms with Crippen LogP contribution in [0.25, 0.3) is 11.4 Å². The summed E-state index contributed by atoms with van der Waals surface area (Å²) in [5.74, 6) is 0. The van der Waals surface area contributed by atoms with Crippen molar-refractivity contribution in [3.8, 4) is 11.4 Å². The lowest BCUT2D eigenvalue weighted by Crippen LogP contribution is -2.20. The van der Waals surface area contributed by atoms with Crippen LogP contribution in [0.15, 0.2) is 77.9 Å². The predicted molar refractivity (Wildman–Crippen MR) is 103 cm³/mol. The van der Waals surface area contributed by atoms with Crippen molar-refractivity contribution in [3.63, 3.8) is 0 Å². The Morgan fingerprint density at radius 3 is 2.19 bits per heavy atom. The average molecular weight is 345 g/mol. The zero-order valence-electron chi connectivity index (χ0n) is 14.6. The molecule has 0 aliphatic heterocycles. The van der Waals surface area contributed by atoms with E-state index in [1.807, 2.05) is 85.5 Å². The molecule has 0 aliphatic rings. The number of nitrogens with one attached hydrogen (secondary N) is 1. The van der Waals surface area contributed by atoms with Gasteiger partial charge in [-0.15, -0.1) is 0 Å². The van der Waals surface area contributed by atoms with Crippen LogP contribution in [0.3, 0.4) is 0 Å². The van der Waals surface area contributed by atoms with E-state index < -0.39 is 0 Å². The molecule has 0 saturated heterocycles. The Hall–Kier alpha value is -3.54. The van der Waals surface area contributed by atoms with Gasteiger partial charge < -0.3 is 5.32 Å². The molecule has 0 fully saturated rings. The highest BCUT2D eigenvalue weighted by molar-refractivity contribution is 5.61. The maximum Gasteiger partial charge on any atom is 0.295 e. The molecule has 0 saturated carbocycles. The molecule has 0 radical (unpaired) electrons. The summed E-state index contributed by atoms with van der Waals surface area (Å²) in [5, 5.41) is 7.59. The lowest BCUT2D eigenvalue weighted by atomic mass is 10.3. The first kappa shape index (κ1) is 16.0. The van der Waals surface area contributed by atoms with Crippen molar-refractivity contribution in [2.45, 2.75) is 6.92 Å². The monoisotopic (exact) mass is 345 g/mol. The molecule has 6 heteroatoms. The number of rotatable bonds is 4. The zero-order valence-corrected chi connectivity index (χ0v) is 14.6. The Bertz CT molecular complexity index is 1090. The molecule has 0 amide bonds. The summed E-state index contributed by atoms with van der Waals surface area (Å²) >= 11 is 0. The van der Waals surface area contributed by atoms with Crippen molar-refractivity contribution in [1.29, 1.82) is 0 Å². The van der Waals surface area contributed by atoms with E-state index in [1.165, 1.54) is 0 Å². The van der Waals surface area contributed by atoms with Crippen LogP contribution in [-0.4, -0.2) is 19.1 Å². The third-order valence-corrected chi connectivity index (χ3v) is 4.43. The highest BCUT2D eigenvalue weighted by Crippen LogP contribution is 2.19. The fourth-order valence-electron chi connectivity index (χ4n) is 2.97. The Labute approximate surface area is 150 Å². The van der Waals surface area contributed by atoms with Gasteiger partial charge in [-0.2, -0.15) is 5.10 Å². The van der Waals surface area contributed by atoms with E-state index in [-0.39, 0.29) is 5.56 Å². The molecule has 2 heterocycles. The lowest BCUT2D eigenvalue weighted by molar-refractivity contribution is 0.630. The molecule has 0 bridgehead atoms. The van der Waals surface area contributed by atoms with E-state index in [0.29, 0.717) is 5.69 Å². The van der Waals surface area contributed by atoms with Crippen molar-refractivity contribution in [2.24, 2.45) is 7.05 Å². The van der Waals surface area contributed by atoms with Crippen molar-refractivity contribution < 1.29 is 0 Å². The summed E-state index contributed by atoms with van der Waals surface area (Å²) in [6, 6.07) is 19.4. The van der Waals surface area contributed by atoms with Gasteiger partial charge in [0.1, 0.15) is 5.69 Å². The first-order valence-corrected chi connectivity index (χ1v) is 8.36. The van der Waals surface area contributed by atoms with Crippen LogP contribution in [0, 0.1) is 6.92 Å². The maximum atomic E-state index is 12.9. The molecular weight excluding hydrogens is 326 g/mol. The van der Waals surface area contributed by atoms with E-state index >= 15 is 0 Å². The van der Waals surface area contributed by atoms with Gasteiger partial charge in [0, 0.05) is 7.05 Å². The van der Waals surface area contributed by atoms with Crippen molar-refractivity contribution in [2.75, 3.05) is 5.32 Å². The number of hydrogen-bond donors (Lipinski definition) is 1. The Morgan fingerprint density at radius 2 is 1.54 bits per heavy atom. The smallest absolute Gasteiger partial charge is 0.295 e. The highest BCUT2D eigenvalue weighted by atomic mass is 16.1. The van der Waals surface area contributed by atoms with E-state index in [1.54, 1.807) is 15.6 Å². The van der Waals surface area contributed by atoms with Crippen LogP contribution in [0.5, 0.6) is 0 Å². The van der Waals surface area contributed by atoms with E-state index in [2.05, 4.69) is 10.4 Å². The summed E-state index contributed by atoms with van der Waals surface area (Å²) in [5.41, 5.74) is 3.86. The van der Waals surface area contributed by atoms with Gasteiger partial charge in [0.15, 0.2) is 0 Å². The van der Waals surface area contributed by atoms with Gasteiger partial charge in [0.25, 0.3) is 5.56 Å². The minimum absolute atomic E-state index is 0.0938. The molecule has 0 aliphatic carbocycles. The molecule has 130 valence electrons. The van der Waals surface area contributed by atoms with Crippen molar-refractivity contribution in [3.05, 3.63) is 89.1 Å². The van der Waals surface area contributed by atoms with Crippen molar-refractivity contribution in [1.82, 2.24) is 19.1 Å². The Kier molecular flexibility index (Phi) is 3.93. The molecule has 4 rings (SSSR count). The van der Waals surface area contributed by atoms with Crippen LogP contribution in [-0.2, 0) is 7.05 Å². The summed E-state index contributed by atoms with van der Waals surface area (Å²) in [4.78, 5) is 12.9. The standard InChI is InChI=1S/C20H19N5O/c1-15-19(20(26)25(23(15)2)18-11-7-4-8-12-18)22-16-13-21-24(14-16)17-9-5-3-6-10-17/h3-14,22H,1-2H3. The number of aromatic nitrogens is 4. The lowest BCUT2D eigenvalue weighted by Gasteiger charge is -2.07. The summed E-state index contributed by atoms with van der Waals surface area (Å²) in [6.45, 7) is 1.92.